The second-order valence-electron chi connectivity index (χ2n) is 7.18. The van der Waals surface area contributed by atoms with E-state index in [0.29, 0.717) is 11.3 Å². The summed E-state index contributed by atoms with van der Waals surface area (Å²) in [4.78, 5) is 4.38. The second-order valence-corrected chi connectivity index (χ2v) is 9.19. The lowest BCUT2D eigenvalue weighted by Gasteiger charge is -2.30. The SMILES string of the molecule is CCS(=O)C1CCCC(NC(=NC)NCc2ccc3c(c2)CCC3)C1. The zero-order valence-electron chi connectivity index (χ0n) is 15.5. The van der Waals surface area contributed by atoms with Gasteiger partial charge in [0.25, 0.3) is 0 Å². The van der Waals surface area contributed by atoms with Crippen LogP contribution >= 0.6 is 0 Å². The number of nitrogens with one attached hydrogen (secondary N) is 2. The van der Waals surface area contributed by atoms with E-state index in [-0.39, 0.29) is 0 Å². The van der Waals surface area contributed by atoms with Crippen LogP contribution in [0.1, 0.15) is 55.7 Å². The maximum absolute atomic E-state index is 12.1. The molecule has 0 aliphatic heterocycles. The summed E-state index contributed by atoms with van der Waals surface area (Å²) >= 11 is 0. The largest absolute Gasteiger partial charge is 0.354 e. The van der Waals surface area contributed by atoms with Crippen molar-refractivity contribution in [2.75, 3.05) is 12.8 Å². The molecule has 2 aliphatic rings. The summed E-state index contributed by atoms with van der Waals surface area (Å²) in [5.41, 5.74) is 4.35. The molecule has 1 aromatic carbocycles. The van der Waals surface area contributed by atoms with E-state index >= 15 is 0 Å². The average molecular weight is 362 g/mol. The highest BCUT2D eigenvalue weighted by Gasteiger charge is 2.26. The van der Waals surface area contributed by atoms with Gasteiger partial charge in [-0.25, -0.2) is 0 Å². The minimum Gasteiger partial charge on any atom is -0.354 e. The van der Waals surface area contributed by atoms with Gasteiger partial charge in [0, 0.05) is 41.4 Å². The van der Waals surface area contributed by atoms with Gasteiger partial charge in [-0.2, -0.15) is 0 Å². The molecule has 0 heterocycles. The first-order valence-corrected chi connectivity index (χ1v) is 11.0. The van der Waals surface area contributed by atoms with Gasteiger partial charge in [0.1, 0.15) is 0 Å². The Morgan fingerprint density at radius 3 is 2.88 bits per heavy atom. The Morgan fingerprint density at radius 1 is 1.24 bits per heavy atom. The number of guanidine groups is 1. The van der Waals surface area contributed by atoms with Crippen molar-refractivity contribution in [3.63, 3.8) is 0 Å². The van der Waals surface area contributed by atoms with Crippen molar-refractivity contribution in [2.45, 2.75) is 69.7 Å². The Morgan fingerprint density at radius 2 is 2.08 bits per heavy atom. The first-order valence-electron chi connectivity index (χ1n) is 9.64. The number of aryl methyl sites for hydroxylation is 2. The lowest BCUT2D eigenvalue weighted by atomic mass is 9.95. The monoisotopic (exact) mass is 361 g/mol. The summed E-state index contributed by atoms with van der Waals surface area (Å²) in [6.07, 6.45) is 8.10. The molecule has 0 radical (unpaired) electrons. The summed E-state index contributed by atoms with van der Waals surface area (Å²) in [7, 11) is 1.14. The number of aliphatic imine (C=N–C) groups is 1. The van der Waals surface area contributed by atoms with Crippen molar-refractivity contribution in [3.8, 4) is 0 Å². The number of rotatable bonds is 5. The Hall–Kier alpha value is -1.36. The van der Waals surface area contributed by atoms with E-state index < -0.39 is 10.8 Å². The minimum absolute atomic E-state index is 0.339. The van der Waals surface area contributed by atoms with Crippen molar-refractivity contribution in [1.82, 2.24) is 10.6 Å². The van der Waals surface area contributed by atoms with E-state index in [1.54, 1.807) is 0 Å². The van der Waals surface area contributed by atoms with Crippen LogP contribution in [0.2, 0.25) is 0 Å². The van der Waals surface area contributed by atoms with Crippen LogP contribution in [0, 0.1) is 0 Å². The van der Waals surface area contributed by atoms with E-state index in [1.807, 2.05) is 14.0 Å². The van der Waals surface area contributed by atoms with Crippen molar-refractivity contribution < 1.29 is 4.21 Å². The topological polar surface area (TPSA) is 53.5 Å². The van der Waals surface area contributed by atoms with E-state index in [4.69, 9.17) is 0 Å². The zero-order chi connectivity index (χ0) is 17.6. The van der Waals surface area contributed by atoms with Crippen LogP contribution in [-0.2, 0) is 30.2 Å². The lowest BCUT2D eigenvalue weighted by molar-refractivity contribution is 0.413. The molecule has 3 unspecified atom stereocenters. The standard InChI is InChI=1S/C20H31N3OS/c1-3-25(24)19-9-5-8-18(13-19)23-20(21-2)22-14-15-10-11-16-6-4-7-17(16)12-15/h10-12,18-19H,3-9,13-14H2,1-2H3,(H2,21,22,23). The highest BCUT2D eigenvalue weighted by Crippen LogP contribution is 2.24. The molecule has 138 valence electrons. The highest BCUT2D eigenvalue weighted by atomic mass is 32.2. The molecule has 2 aliphatic carbocycles. The molecule has 0 amide bonds. The molecule has 1 aromatic rings. The van der Waals surface area contributed by atoms with Gasteiger partial charge in [-0.05, 0) is 55.2 Å². The Balaban J connectivity index is 1.52. The summed E-state index contributed by atoms with van der Waals surface area (Å²) in [6.45, 7) is 2.81. The third-order valence-corrected chi connectivity index (χ3v) is 7.21. The van der Waals surface area contributed by atoms with Gasteiger partial charge in [0.15, 0.2) is 5.96 Å². The maximum atomic E-state index is 12.1. The van der Waals surface area contributed by atoms with E-state index in [2.05, 4.69) is 33.8 Å². The molecule has 2 N–H and O–H groups in total. The van der Waals surface area contributed by atoms with Crippen LogP contribution < -0.4 is 10.6 Å². The van der Waals surface area contributed by atoms with E-state index in [9.17, 15) is 4.21 Å². The van der Waals surface area contributed by atoms with Gasteiger partial charge in [-0.3, -0.25) is 9.20 Å². The van der Waals surface area contributed by atoms with Crippen molar-refractivity contribution in [3.05, 3.63) is 34.9 Å². The zero-order valence-corrected chi connectivity index (χ0v) is 16.3. The molecule has 1 fully saturated rings. The molecule has 0 spiro atoms. The molecular weight excluding hydrogens is 330 g/mol. The fourth-order valence-corrected chi connectivity index (χ4v) is 5.41. The highest BCUT2D eigenvalue weighted by molar-refractivity contribution is 7.85. The van der Waals surface area contributed by atoms with Gasteiger partial charge in [-0.15, -0.1) is 0 Å². The van der Waals surface area contributed by atoms with Crippen LogP contribution in [0.4, 0.5) is 0 Å². The van der Waals surface area contributed by atoms with Crippen LogP contribution in [0.3, 0.4) is 0 Å². The number of nitrogens with zero attached hydrogens (tertiary/aromatic N) is 1. The average Bonchev–Trinajstić information content (AvgIpc) is 3.12. The molecule has 3 atom stereocenters. The lowest BCUT2D eigenvalue weighted by Crippen LogP contribution is -2.46. The number of hydrogen-bond acceptors (Lipinski definition) is 2. The maximum Gasteiger partial charge on any atom is 0.191 e. The number of hydrogen-bond donors (Lipinski definition) is 2. The van der Waals surface area contributed by atoms with Crippen LogP contribution in [0.25, 0.3) is 0 Å². The van der Waals surface area contributed by atoms with Gasteiger partial charge in [0.2, 0.25) is 0 Å². The summed E-state index contributed by atoms with van der Waals surface area (Å²) in [5, 5.41) is 7.33. The fourth-order valence-electron chi connectivity index (χ4n) is 4.06. The van der Waals surface area contributed by atoms with E-state index in [1.165, 1.54) is 36.0 Å². The molecule has 4 nitrogen and oxygen atoms in total. The van der Waals surface area contributed by atoms with Gasteiger partial charge in [-0.1, -0.05) is 31.5 Å². The van der Waals surface area contributed by atoms with Gasteiger partial charge in [0.05, 0.1) is 0 Å². The molecular formula is C20H31N3OS. The fraction of sp³-hybridized carbons (Fsp3) is 0.650. The predicted molar refractivity (Wildman–Crippen MR) is 107 cm³/mol. The van der Waals surface area contributed by atoms with Crippen LogP contribution in [0.5, 0.6) is 0 Å². The molecule has 25 heavy (non-hydrogen) atoms. The molecule has 0 saturated heterocycles. The third-order valence-electron chi connectivity index (χ3n) is 5.47. The van der Waals surface area contributed by atoms with Crippen molar-refractivity contribution >= 4 is 16.8 Å². The summed E-state index contributed by atoms with van der Waals surface area (Å²) < 4.78 is 12.1. The molecule has 1 saturated carbocycles. The Bertz CT molecular complexity index is 644. The quantitative estimate of drug-likeness (QED) is 0.626. The predicted octanol–water partition coefficient (Wildman–Crippen LogP) is 2.92. The van der Waals surface area contributed by atoms with Gasteiger partial charge >= 0.3 is 0 Å². The Labute approximate surface area is 154 Å². The van der Waals surface area contributed by atoms with Gasteiger partial charge < -0.3 is 10.6 Å². The molecule has 0 aromatic heterocycles. The number of fused-ring (bicyclic) bond motifs is 1. The molecule has 5 heteroatoms. The normalized spacial score (nSPS) is 24.6. The molecule has 3 rings (SSSR count). The summed E-state index contributed by atoms with van der Waals surface area (Å²) in [6, 6.07) is 7.22. The summed E-state index contributed by atoms with van der Waals surface area (Å²) in [5.74, 6) is 1.62. The minimum atomic E-state index is -0.685. The Kier molecular flexibility index (Phi) is 6.51. The van der Waals surface area contributed by atoms with Crippen LogP contribution in [-0.4, -0.2) is 34.3 Å². The van der Waals surface area contributed by atoms with Crippen molar-refractivity contribution in [2.24, 2.45) is 4.99 Å². The van der Waals surface area contributed by atoms with Crippen molar-refractivity contribution in [1.29, 1.82) is 0 Å². The second kappa shape index (κ2) is 8.84. The van der Waals surface area contributed by atoms with E-state index in [0.717, 1.165) is 43.9 Å². The first-order chi connectivity index (χ1) is 12.2. The third kappa shape index (κ3) is 4.84. The smallest absolute Gasteiger partial charge is 0.191 e. The molecule has 0 bridgehead atoms. The van der Waals surface area contributed by atoms with Crippen LogP contribution in [0.15, 0.2) is 23.2 Å². The number of benzene rings is 1. The first kappa shape index (κ1) is 18.4.